The van der Waals surface area contributed by atoms with Crippen molar-refractivity contribution < 1.29 is 4.79 Å². The Kier molecular flexibility index (Phi) is 5.10. The minimum Gasteiger partial charge on any atom is -0.343 e. The van der Waals surface area contributed by atoms with Crippen LogP contribution >= 0.6 is 23.4 Å². The molecular formula is C20H20ClN3O2S. The number of fused-ring (bicyclic) bond motifs is 2. The molecule has 0 bridgehead atoms. The van der Waals surface area contributed by atoms with Crippen LogP contribution in [0.1, 0.15) is 43.2 Å². The molecule has 1 aromatic heterocycles. The number of halogens is 1. The van der Waals surface area contributed by atoms with Gasteiger partial charge in [-0.25, -0.2) is 4.98 Å². The van der Waals surface area contributed by atoms with Gasteiger partial charge in [-0.05, 0) is 30.5 Å². The second-order valence-electron chi connectivity index (χ2n) is 6.78. The van der Waals surface area contributed by atoms with Crippen LogP contribution in [0.3, 0.4) is 0 Å². The Bertz CT molecular complexity index is 968. The minimum absolute atomic E-state index is 0.148. The van der Waals surface area contributed by atoms with E-state index in [1.165, 1.54) is 11.8 Å². The van der Waals surface area contributed by atoms with E-state index in [2.05, 4.69) is 28.3 Å². The molecule has 4 rings (SSSR count). The van der Waals surface area contributed by atoms with Crippen LogP contribution in [0.15, 0.2) is 46.0 Å². The van der Waals surface area contributed by atoms with Crippen LogP contribution in [0.5, 0.6) is 0 Å². The van der Waals surface area contributed by atoms with Crippen molar-refractivity contribution in [1.82, 2.24) is 9.97 Å². The zero-order valence-electron chi connectivity index (χ0n) is 14.9. The van der Waals surface area contributed by atoms with Crippen molar-refractivity contribution >= 4 is 35.0 Å². The summed E-state index contributed by atoms with van der Waals surface area (Å²) in [5.41, 5.74) is 2.08. The quantitative estimate of drug-likeness (QED) is 0.588. The fraction of sp³-hybridized carbons (Fsp3) is 0.350. The smallest absolute Gasteiger partial charge is 0.257 e. The van der Waals surface area contributed by atoms with Crippen molar-refractivity contribution in [3.05, 3.63) is 62.5 Å². The van der Waals surface area contributed by atoms with Gasteiger partial charge in [0.1, 0.15) is 11.6 Å². The molecule has 5 nitrogen and oxygen atoms in total. The highest BCUT2D eigenvalue weighted by atomic mass is 35.5. The van der Waals surface area contributed by atoms with E-state index in [0.717, 1.165) is 23.4 Å². The highest BCUT2D eigenvalue weighted by Crippen LogP contribution is 2.44. The highest BCUT2D eigenvalue weighted by molar-refractivity contribution is 7.99. The van der Waals surface area contributed by atoms with Gasteiger partial charge in [0.05, 0.1) is 11.5 Å². The minimum atomic E-state index is -0.385. The molecule has 2 heterocycles. The Balaban J connectivity index is 1.88. The number of thioether (sulfide) groups is 1. The van der Waals surface area contributed by atoms with E-state index < -0.39 is 0 Å². The SMILES string of the molecule is CCCSc1nc2c(c(=O)[nH]1)[C@@H](c1ccc(Cl)cc1)[C@@H]1C(=O)CCC=C1N2. The van der Waals surface area contributed by atoms with Crippen LogP contribution in [0, 0.1) is 5.92 Å². The van der Waals surface area contributed by atoms with Crippen molar-refractivity contribution in [3.8, 4) is 0 Å². The molecule has 140 valence electrons. The highest BCUT2D eigenvalue weighted by Gasteiger charge is 2.42. The Morgan fingerprint density at radius 1 is 1.22 bits per heavy atom. The number of hydrogen-bond donors (Lipinski definition) is 2. The van der Waals surface area contributed by atoms with Gasteiger partial charge < -0.3 is 10.3 Å². The Labute approximate surface area is 166 Å². The average Bonchev–Trinajstić information content (AvgIpc) is 2.65. The van der Waals surface area contributed by atoms with Crippen LogP contribution in [0.2, 0.25) is 5.02 Å². The first kappa shape index (κ1) is 18.3. The third-order valence-electron chi connectivity index (χ3n) is 4.95. The summed E-state index contributed by atoms with van der Waals surface area (Å²) in [7, 11) is 0. The lowest BCUT2D eigenvalue weighted by Crippen LogP contribution is -2.38. The summed E-state index contributed by atoms with van der Waals surface area (Å²) in [5.74, 6) is 0.832. The molecule has 0 fully saturated rings. The molecule has 2 aromatic rings. The molecule has 1 aliphatic carbocycles. The Morgan fingerprint density at radius 2 is 2.00 bits per heavy atom. The fourth-order valence-corrected chi connectivity index (χ4v) is 4.61. The molecule has 2 aliphatic rings. The second-order valence-corrected chi connectivity index (χ2v) is 8.30. The summed E-state index contributed by atoms with van der Waals surface area (Å²) in [5, 5.41) is 4.49. The molecule has 0 unspecified atom stereocenters. The monoisotopic (exact) mass is 401 g/mol. The summed E-state index contributed by atoms with van der Waals surface area (Å²) >= 11 is 7.57. The number of nitrogens with zero attached hydrogens (tertiary/aromatic N) is 1. The molecule has 2 N–H and O–H groups in total. The molecule has 0 spiro atoms. The zero-order chi connectivity index (χ0) is 19.0. The number of Topliss-reactive ketones (excluding diaryl/α,β-unsaturated/α-hetero) is 1. The predicted molar refractivity (Wildman–Crippen MR) is 109 cm³/mol. The molecule has 27 heavy (non-hydrogen) atoms. The van der Waals surface area contributed by atoms with Gasteiger partial charge in [0, 0.05) is 28.8 Å². The summed E-state index contributed by atoms with van der Waals surface area (Å²) in [6.07, 6.45) is 4.25. The molecule has 0 radical (unpaired) electrons. The normalized spacial score (nSPS) is 21.1. The maximum absolute atomic E-state index is 13.0. The lowest BCUT2D eigenvalue weighted by Gasteiger charge is -2.36. The molecule has 0 amide bonds. The van der Waals surface area contributed by atoms with Gasteiger partial charge in [-0.15, -0.1) is 0 Å². The van der Waals surface area contributed by atoms with Gasteiger partial charge in [0.15, 0.2) is 5.16 Å². The summed E-state index contributed by atoms with van der Waals surface area (Å²) in [6, 6.07) is 7.37. The third kappa shape index (κ3) is 3.44. The number of aromatic amines is 1. The van der Waals surface area contributed by atoms with E-state index in [4.69, 9.17) is 11.6 Å². The van der Waals surface area contributed by atoms with Crippen molar-refractivity contribution in [2.75, 3.05) is 11.1 Å². The molecule has 1 aromatic carbocycles. The standard InChI is InChI=1S/C20H20ClN3O2S/c1-2-10-27-20-23-18-17(19(26)24-20)15(11-6-8-12(21)9-7-11)16-13(22-18)4-3-5-14(16)25/h4,6-9,15-16H,2-3,5,10H2,1H3,(H2,22,23,24,26)/t15-,16-/m0/s1. The first-order valence-electron chi connectivity index (χ1n) is 9.10. The van der Waals surface area contributed by atoms with Gasteiger partial charge in [-0.3, -0.25) is 9.59 Å². The number of benzene rings is 1. The largest absolute Gasteiger partial charge is 0.343 e. The number of anilines is 1. The van der Waals surface area contributed by atoms with Crippen LogP contribution in [0.4, 0.5) is 5.82 Å². The average molecular weight is 402 g/mol. The Hall–Kier alpha value is -2.05. The van der Waals surface area contributed by atoms with E-state index in [0.29, 0.717) is 34.4 Å². The lowest BCUT2D eigenvalue weighted by atomic mass is 9.72. The molecule has 7 heteroatoms. The van der Waals surface area contributed by atoms with Gasteiger partial charge >= 0.3 is 0 Å². The van der Waals surface area contributed by atoms with Gasteiger partial charge in [0.25, 0.3) is 5.56 Å². The van der Waals surface area contributed by atoms with Crippen molar-refractivity contribution in [2.45, 2.75) is 37.3 Å². The lowest BCUT2D eigenvalue weighted by molar-refractivity contribution is -0.122. The van der Waals surface area contributed by atoms with Gasteiger partial charge in [-0.1, -0.05) is 48.5 Å². The topological polar surface area (TPSA) is 74.8 Å². The number of nitrogens with one attached hydrogen (secondary N) is 2. The zero-order valence-corrected chi connectivity index (χ0v) is 16.5. The first-order valence-corrected chi connectivity index (χ1v) is 10.5. The second kappa shape index (κ2) is 7.52. The van der Waals surface area contributed by atoms with Crippen molar-refractivity contribution in [2.24, 2.45) is 5.92 Å². The Morgan fingerprint density at radius 3 is 2.74 bits per heavy atom. The number of hydrogen-bond acceptors (Lipinski definition) is 5. The van der Waals surface area contributed by atoms with Crippen molar-refractivity contribution in [1.29, 1.82) is 0 Å². The molecular weight excluding hydrogens is 382 g/mol. The number of aromatic nitrogens is 2. The predicted octanol–water partition coefficient (Wildman–Crippen LogP) is 4.35. The number of carbonyl (C=O) groups excluding carboxylic acids is 1. The maximum Gasteiger partial charge on any atom is 0.257 e. The molecule has 1 aliphatic heterocycles. The maximum atomic E-state index is 13.0. The van der Waals surface area contributed by atoms with E-state index in [1.54, 1.807) is 12.1 Å². The molecule has 0 saturated carbocycles. The number of ketones is 1. The van der Waals surface area contributed by atoms with Crippen LogP contribution in [-0.4, -0.2) is 21.5 Å². The van der Waals surface area contributed by atoms with Crippen LogP contribution in [-0.2, 0) is 4.79 Å². The molecule has 2 atom stereocenters. The third-order valence-corrected chi connectivity index (χ3v) is 6.28. The summed E-state index contributed by atoms with van der Waals surface area (Å²) < 4.78 is 0. The number of rotatable bonds is 4. The number of allylic oxidation sites excluding steroid dienone is 2. The first-order chi connectivity index (χ1) is 13.1. The fourth-order valence-electron chi connectivity index (χ4n) is 3.77. The number of H-pyrrole nitrogens is 1. The van der Waals surface area contributed by atoms with E-state index >= 15 is 0 Å². The van der Waals surface area contributed by atoms with Crippen LogP contribution in [0.25, 0.3) is 0 Å². The van der Waals surface area contributed by atoms with Gasteiger partial charge in [0.2, 0.25) is 0 Å². The summed E-state index contributed by atoms with van der Waals surface area (Å²) in [4.78, 5) is 33.3. The van der Waals surface area contributed by atoms with E-state index in [9.17, 15) is 9.59 Å². The molecule has 0 saturated heterocycles. The van der Waals surface area contributed by atoms with Gasteiger partial charge in [-0.2, -0.15) is 0 Å². The van der Waals surface area contributed by atoms with E-state index in [1.807, 2.05) is 12.1 Å². The van der Waals surface area contributed by atoms with Crippen molar-refractivity contribution in [3.63, 3.8) is 0 Å². The van der Waals surface area contributed by atoms with E-state index in [-0.39, 0.29) is 23.2 Å². The number of carbonyl (C=O) groups is 1. The summed E-state index contributed by atoms with van der Waals surface area (Å²) in [6.45, 7) is 2.08. The van der Waals surface area contributed by atoms with Crippen LogP contribution < -0.4 is 10.9 Å².